The molecule has 0 N–H and O–H groups in total. The zero-order valence-corrected chi connectivity index (χ0v) is 16.5. The van der Waals surface area contributed by atoms with Crippen molar-refractivity contribution in [2.45, 2.75) is 6.92 Å². The van der Waals surface area contributed by atoms with Gasteiger partial charge in [0.15, 0.2) is 6.61 Å². The van der Waals surface area contributed by atoms with Gasteiger partial charge in [0.1, 0.15) is 17.5 Å². The van der Waals surface area contributed by atoms with Crippen LogP contribution in [0.4, 0.5) is 11.6 Å². The van der Waals surface area contributed by atoms with E-state index in [1.165, 1.54) is 0 Å². The summed E-state index contributed by atoms with van der Waals surface area (Å²) in [5, 5.41) is 0. The number of rotatable bonds is 5. The minimum atomic E-state index is -0.0648. The summed E-state index contributed by atoms with van der Waals surface area (Å²) in [5.74, 6) is 2.52. The Morgan fingerprint density at radius 3 is 2.28 bits per heavy atom. The number of carbonyl (C=O) groups excluding carboxylic acids is 1. The topological polar surface area (TPSA) is 96.8 Å². The lowest BCUT2D eigenvalue weighted by Gasteiger charge is -2.36. The molecule has 2 aliphatic rings. The van der Waals surface area contributed by atoms with Gasteiger partial charge < -0.3 is 24.2 Å². The van der Waals surface area contributed by atoms with Gasteiger partial charge >= 0.3 is 6.01 Å². The average molecular weight is 399 g/mol. The van der Waals surface area contributed by atoms with E-state index in [2.05, 4.69) is 29.7 Å². The third-order valence-corrected chi connectivity index (χ3v) is 4.97. The highest BCUT2D eigenvalue weighted by Gasteiger charge is 2.24. The second kappa shape index (κ2) is 8.99. The fourth-order valence-corrected chi connectivity index (χ4v) is 3.42. The summed E-state index contributed by atoms with van der Waals surface area (Å²) in [6, 6.07) is 3.95. The van der Waals surface area contributed by atoms with Crippen molar-refractivity contribution in [3.05, 3.63) is 30.4 Å². The number of aryl methyl sites for hydroxylation is 1. The van der Waals surface area contributed by atoms with E-state index in [-0.39, 0.29) is 18.5 Å². The first-order chi connectivity index (χ1) is 14.2. The van der Waals surface area contributed by atoms with Gasteiger partial charge in [-0.1, -0.05) is 0 Å². The molecule has 0 aliphatic carbocycles. The normalized spacial score (nSPS) is 17.3. The Kier molecular flexibility index (Phi) is 5.99. The predicted molar refractivity (Wildman–Crippen MR) is 106 cm³/mol. The first-order valence-corrected chi connectivity index (χ1v) is 9.80. The summed E-state index contributed by atoms with van der Waals surface area (Å²) >= 11 is 0. The van der Waals surface area contributed by atoms with E-state index in [4.69, 9.17) is 9.47 Å². The van der Waals surface area contributed by atoms with Crippen LogP contribution >= 0.6 is 0 Å². The molecule has 10 heteroatoms. The maximum atomic E-state index is 12.4. The Labute approximate surface area is 169 Å². The lowest BCUT2D eigenvalue weighted by atomic mass is 10.3. The van der Waals surface area contributed by atoms with Crippen LogP contribution in [0.5, 0.6) is 6.01 Å². The number of aromatic nitrogens is 4. The molecule has 4 rings (SSSR count). The minimum Gasteiger partial charge on any atom is -0.453 e. The van der Waals surface area contributed by atoms with Crippen LogP contribution in [0.3, 0.4) is 0 Å². The fourth-order valence-electron chi connectivity index (χ4n) is 3.42. The van der Waals surface area contributed by atoms with Gasteiger partial charge in [0.05, 0.1) is 13.2 Å². The van der Waals surface area contributed by atoms with Crippen molar-refractivity contribution in [2.75, 3.05) is 68.9 Å². The Hall–Kier alpha value is -3.01. The molecule has 0 unspecified atom stereocenters. The van der Waals surface area contributed by atoms with E-state index in [1.54, 1.807) is 23.4 Å². The number of ether oxygens (including phenoxy) is 2. The molecule has 29 heavy (non-hydrogen) atoms. The van der Waals surface area contributed by atoms with Gasteiger partial charge in [-0.3, -0.25) is 4.79 Å². The molecule has 0 saturated carbocycles. The van der Waals surface area contributed by atoms with Crippen molar-refractivity contribution in [3.63, 3.8) is 0 Å². The molecule has 2 saturated heterocycles. The number of hydrogen-bond donors (Lipinski definition) is 0. The standard InChI is InChI=1S/C19H25N7O3/c1-15-22-16(13-17(23-15)25-9-11-28-12-10-25)24-5-7-26(8-6-24)18(27)14-29-19-20-3-2-4-21-19/h2-4,13H,5-12,14H2,1H3. The summed E-state index contributed by atoms with van der Waals surface area (Å²) in [7, 11) is 0. The van der Waals surface area contributed by atoms with Crippen LogP contribution in [0.15, 0.2) is 24.5 Å². The van der Waals surface area contributed by atoms with E-state index in [0.717, 1.165) is 43.8 Å². The number of piperazine rings is 1. The van der Waals surface area contributed by atoms with Crippen molar-refractivity contribution in [1.29, 1.82) is 0 Å². The van der Waals surface area contributed by atoms with E-state index in [0.29, 0.717) is 26.2 Å². The quantitative estimate of drug-likeness (QED) is 0.695. The molecule has 2 aliphatic heterocycles. The molecule has 2 aromatic heterocycles. The largest absolute Gasteiger partial charge is 0.453 e. The number of anilines is 2. The molecule has 0 spiro atoms. The van der Waals surface area contributed by atoms with Gasteiger partial charge in [-0.05, 0) is 13.0 Å². The molecular weight excluding hydrogens is 374 g/mol. The molecule has 10 nitrogen and oxygen atoms in total. The number of amides is 1. The molecule has 0 atom stereocenters. The smallest absolute Gasteiger partial charge is 0.316 e. The second-order valence-corrected chi connectivity index (χ2v) is 6.92. The molecule has 154 valence electrons. The first-order valence-electron chi connectivity index (χ1n) is 9.80. The fraction of sp³-hybridized carbons (Fsp3) is 0.526. The van der Waals surface area contributed by atoms with Crippen LogP contribution < -0.4 is 14.5 Å². The molecule has 2 aromatic rings. The summed E-state index contributed by atoms with van der Waals surface area (Å²) in [5.41, 5.74) is 0. The number of morpholine rings is 1. The number of carbonyl (C=O) groups is 1. The predicted octanol–water partition coefficient (Wildman–Crippen LogP) is 0.139. The summed E-state index contributed by atoms with van der Waals surface area (Å²) in [4.78, 5) is 35.8. The Morgan fingerprint density at radius 2 is 1.62 bits per heavy atom. The van der Waals surface area contributed by atoms with Crippen LogP contribution in [0.25, 0.3) is 0 Å². The lowest BCUT2D eigenvalue weighted by molar-refractivity contribution is -0.133. The molecular formula is C19H25N7O3. The lowest BCUT2D eigenvalue weighted by Crippen LogP contribution is -2.50. The summed E-state index contributed by atoms with van der Waals surface area (Å²) in [6.07, 6.45) is 3.17. The first kappa shape index (κ1) is 19.3. The van der Waals surface area contributed by atoms with E-state index < -0.39 is 0 Å². The van der Waals surface area contributed by atoms with Crippen LogP contribution in [-0.4, -0.2) is 89.8 Å². The van der Waals surface area contributed by atoms with Crippen molar-refractivity contribution in [3.8, 4) is 6.01 Å². The van der Waals surface area contributed by atoms with Crippen molar-refractivity contribution < 1.29 is 14.3 Å². The maximum Gasteiger partial charge on any atom is 0.316 e. The highest BCUT2D eigenvalue weighted by Crippen LogP contribution is 2.21. The molecule has 1 amide bonds. The Balaban J connectivity index is 1.33. The van der Waals surface area contributed by atoms with Gasteiger partial charge in [-0.25, -0.2) is 19.9 Å². The van der Waals surface area contributed by atoms with Crippen molar-refractivity contribution >= 4 is 17.5 Å². The zero-order chi connectivity index (χ0) is 20.1. The molecule has 0 bridgehead atoms. The van der Waals surface area contributed by atoms with Gasteiger partial charge in [-0.15, -0.1) is 0 Å². The van der Waals surface area contributed by atoms with Gasteiger partial charge in [-0.2, -0.15) is 0 Å². The van der Waals surface area contributed by atoms with Crippen molar-refractivity contribution in [1.82, 2.24) is 24.8 Å². The van der Waals surface area contributed by atoms with Gasteiger partial charge in [0.25, 0.3) is 5.91 Å². The van der Waals surface area contributed by atoms with Crippen molar-refractivity contribution in [2.24, 2.45) is 0 Å². The third kappa shape index (κ3) is 4.89. The molecule has 2 fully saturated rings. The monoisotopic (exact) mass is 399 g/mol. The van der Waals surface area contributed by atoms with Gasteiger partial charge in [0.2, 0.25) is 0 Å². The maximum absolute atomic E-state index is 12.4. The second-order valence-electron chi connectivity index (χ2n) is 6.92. The Bertz CT molecular complexity index is 822. The van der Waals surface area contributed by atoms with Crippen LogP contribution in [0.2, 0.25) is 0 Å². The number of nitrogens with zero attached hydrogens (tertiary/aromatic N) is 7. The van der Waals surface area contributed by atoms with Crippen LogP contribution in [0, 0.1) is 6.92 Å². The van der Waals surface area contributed by atoms with Crippen LogP contribution in [0.1, 0.15) is 5.82 Å². The molecule has 0 radical (unpaired) electrons. The van der Waals surface area contributed by atoms with Crippen LogP contribution in [-0.2, 0) is 9.53 Å². The van der Waals surface area contributed by atoms with E-state index in [1.807, 2.05) is 13.0 Å². The summed E-state index contributed by atoms with van der Waals surface area (Å²) in [6.45, 7) is 7.63. The SMILES string of the molecule is Cc1nc(N2CCOCC2)cc(N2CCN(C(=O)COc3ncccn3)CC2)n1. The average Bonchev–Trinajstić information content (AvgIpc) is 2.78. The van der Waals surface area contributed by atoms with E-state index in [9.17, 15) is 4.79 Å². The zero-order valence-electron chi connectivity index (χ0n) is 16.5. The highest BCUT2D eigenvalue weighted by atomic mass is 16.5. The third-order valence-electron chi connectivity index (χ3n) is 4.97. The number of hydrogen-bond acceptors (Lipinski definition) is 9. The molecule has 0 aromatic carbocycles. The minimum absolute atomic E-state index is 0.0577. The Morgan fingerprint density at radius 1 is 1.00 bits per heavy atom. The summed E-state index contributed by atoms with van der Waals surface area (Å²) < 4.78 is 10.8. The van der Waals surface area contributed by atoms with E-state index >= 15 is 0 Å². The highest BCUT2D eigenvalue weighted by molar-refractivity contribution is 5.78. The van der Waals surface area contributed by atoms with Gasteiger partial charge in [0, 0.05) is 57.7 Å². The molecule has 4 heterocycles.